The van der Waals surface area contributed by atoms with Gasteiger partial charge in [0.1, 0.15) is 23.7 Å². The van der Waals surface area contributed by atoms with E-state index in [0.29, 0.717) is 46.8 Å². The largest absolute Gasteiger partial charge is 0.489 e. The molecule has 4 aromatic carbocycles. The van der Waals surface area contributed by atoms with E-state index in [4.69, 9.17) is 23.6 Å². The van der Waals surface area contributed by atoms with Crippen molar-refractivity contribution in [3.8, 4) is 39.8 Å². The molecule has 0 aliphatic carbocycles. The van der Waals surface area contributed by atoms with E-state index < -0.39 is 0 Å². The third-order valence-electron chi connectivity index (χ3n) is 7.32. The molecule has 3 heterocycles. The van der Waals surface area contributed by atoms with Crippen molar-refractivity contribution in [1.29, 1.82) is 0 Å². The number of pyridine rings is 1. The van der Waals surface area contributed by atoms with Crippen molar-refractivity contribution in [3.05, 3.63) is 142 Å². The van der Waals surface area contributed by atoms with Crippen LogP contribution in [-0.2, 0) is 13.0 Å². The summed E-state index contributed by atoms with van der Waals surface area (Å²) < 4.78 is 23.5. The molecule has 0 bridgehead atoms. The lowest BCUT2D eigenvalue weighted by atomic mass is 9.99. The van der Waals surface area contributed by atoms with Crippen LogP contribution in [0.2, 0.25) is 0 Å². The zero-order chi connectivity index (χ0) is 28.5. The van der Waals surface area contributed by atoms with Gasteiger partial charge in [0.2, 0.25) is 6.79 Å². The van der Waals surface area contributed by atoms with Crippen molar-refractivity contribution in [2.45, 2.75) is 20.0 Å². The maximum Gasteiger partial charge on any atom is 0.231 e. The number of ether oxygens (including phenoxy) is 3. The summed E-state index contributed by atoms with van der Waals surface area (Å²) in [7, 11) is 0. The molecule has 0 fully saturated rings. The van der Waals surface area contributed by atoms with Crippen LogP contribution < -0.4 is 19.6 Å². The van der Waals surface area contributed by atoms with Gasteiger partial charge < -0.3 is 18.6 Å². The molecule has 1 aliphatic rings. The molecule has 0 N–H and O–H groups in total. The van der Waals surface area contributed by atoms with Crippen LogP contribution in [0.15, 0.2) is 118 Å². The predicted molar refractivity (Wildman–Crippen MR) is 162 cm³/mol. The molecule has 6 nitrogen and oxygen atoms in total. The van der Waals surface area contributed by atoms with Crippen LogP contribution >= 0.6 is 0 Å². The monoisotopic (exact) mass is 553 g/mol. The topological polar surface area (TPSA) is 70.8 Å². The van der Waals surface area contributed by atoms with E-state index in [-0.39, 0.29) is 12.2 Å². The number of rotatable bonds is 7. The van der Waals surface area contributed by atoms with Gasteiger partial charge in [-0.2, -0.15) is 0 Å². The summed E-state index contributed by atoms with van der Waals surface area (Å²) in [4.78, 5) is 18.9. The minimum absolute atomic E-state index is 0.0855. The van der Waals surface area contributed by atoms with Crippen molar-refractivity contribution in [2.24, 2.45) is 0 Å². The minimum atomic E-state index is -0.0855. The van der Waals surface area contributed by atoms with Gasteiger partial charge in [0.25, 0.3) is 0 Å². The Kier molecular flexibility index (Phi) is 6.64. The van der Waals surface area contributed by atoms with E-state index in [1.165, 1.54) is 0 Å². The normalized spacial score (nSPS) is 12.0. The first-order valence-corrected chi connectivity index (χ1v) is 13.8. The van der Waals surface area contributed by atoms with E-state index in [2.05, 4.69) is 0 Å². The minimum Gasteiger partial charge on any atom is -0.489 e. The molecule has 0 saturated carbocycles. The van der Waals surface area contributed by atoms with Crippen molar-refractivity contribution in [3.63, 3.8) is 0 Å². The van der Waals surface area contributed by atoms with Gasteiger partial charge in [-0.15, -0.1) is 0 Å². The molecule has 6 heteroatoms. The molecule has 1 aliphatic heterocycles. The lowest BCUT2D eigenvalue weighted by Gasteiger charge is -2.13. The smallest absolute Gasteiger partial charge is 0.231 e. The third-order valence-corrected chi connectivity index (χ3v) is 7.32. The van der Waals surface area contributed by atoms with Crippen molar-refractivity contribution in [1.82, 2.24) is 4.98 Å². The number of fused-ring (bicyclic) bond motifs is 2. The van der Waals surface area contributed by atoms with E-state index in [1.54, 1.807) is 12.1 Å². The molecule has 0 spiro atoms. The van der Waals surface area contributed by atoms with Crippen LogP contribution in [0.1, 0.15) is 22.4 Å². The Labute approximate surface area is 242 Å². The van der Waals surface area contributed by atoms with Gasteiger partial charge >= 0.3 is 0 Å². The van der Waals surface area contributed by atoms with Crippen LogP contribution in [0.5, 0.6) is 17.2 Å². The highest BCUT2D eigenvalue weighted by atomic mass is 16.7. The van der Waals surface area contributed by atoms with Crippen molar-refractivity contribution >= 4 is 11.0 Å². The highest BCUT2D eigenvalue weighted by Crippen LogP contribution is 2.36. The molecule has 6 aromatic rings. The maximum atomic E-state index is 14.0. The summed E-state index contributed by atoms with van der Waals surface area (Å²) in [5.74, 6) is 2.59. The van der Waals surface area contributed by atoms with Gasteiger partial charge in [0.15, 0.2) is 16.9 Å². The van der Waals surface area contributed by atoms with Crippen LogP contribution in [-0.4, -0.2) is 11.8 Å². The van der Waals surface area contributed by atoms with Gasteiger partial charge in [0.05, 0.1) is 11.1 Å². The summed E-state index contributed by atoms with van der Waals surface area (Å²) in [5, 5.41) is 0.500. The fourth-order valence-electron chi connectivity index (χ4n) is 5.20. The van der Waals surface area contributed by atoms with Crippen LogP contribution in [0.3, 0.4) is 0 Å². The molecule has 2 aromatic heterocycles. The molecule has 0 unspecified atom stereocenters. The second-order valence-corrected chi connectivity index (χ2v) is 10.3. The zero-order valence-corrected chi connectivity index (χ0v) is 23.0. The highest BCUT2D eigenvalue weighted by molar-refractivity contribution is 5.82. The van der Waals surface area contributed by atoms with E-state index >= 15 is 0 Å². The predicted octanol–water partition coefficient (Wildman–Crippen LogP) is 7.73. The fraction of sp³-hybridized carbons (Fsp3) is 0.111. The first-order chi connectivity index (χ1) is 20.6. The first-order valence-electron chi connectivity index (χ1n) is 13.8. The first kappa shape index (κ1) is 25.6. The van der Waals surface area contributed by atoms with E-state index in [1.807, 2.05) is 104 Å². The Bertz CT molecular complexity index is 1980. The van der Waals surface area contributed by atoms with E-state index in [9.17, 15) is 4.79 Å². The Morgan fingerprint density at radius 2 is 1.64 bits per heavy atom. The molecule has 0 atom stereocenters. The molecule has 0 radical (unpaired) electrons. The molecule has 7 rings (SSSR count). The fourth-order valence-corrected chi connectivity index (χ4v) is 5.20. The quantitative estimate of drug-likeness (QED) is 0.202. The van der Waals surface area contributed by atoms with Crippen molar-refractivity contribution in [2.75, 3.05) is 6.79 Å². The SMILES string of the molecule is Cc1cccc(-c2oc3cc(OCc4ccccc4)ccc3c(=O)c2Cc2cccc(-c3ccc4c(c3)OCO4)n2)c1. The Morgan fingerprint density at radius 1 is 0.786 bits per heavy atom. The lowest BCUT2D eigenvalue weighted by Crippen LogP contribution is -2.13. The third kappa shape index (κ3) is 5.10. The molecule has 206 valence electrons. The number of nitrogens with zero attached hydrogens (tertiary/aromatic N) is 1. The molecule has 0 saturated heterocycles. The number of hydrogen-bond acceptors (Lipinski definition) is 6. The van der Waals surface area contributed by atoms with E-state index in [0.717, 1.165) is 39.4 Å². The summed E-state index contributed by atoms with van der Waals surface area (Å²) in [6.07, 6.45) is 0.312. The van der Waals surface area contributed by atoms with Gasteiger partial charge in [0, 0.05) is 34.9 Å². The van der Waals surface area contributed by atoms with Crippen LogP contribution in [0, 0.1) is 6.92 Å². The molecular weight excluding hydrogens is 526 g/mol. The Balaban J connectivity index is 1.28. The van der Waals surface area contributed by atoms with Gasteiger partial charge in [-0.1, -0.05) is 60.2 Å². The van der Waals surface area contributed by atoms with Gasteiger partial charge in [-0.25, -0.2) is 0 Å². The second-order valence-electron chi connectivity index (χ2n) is 10.3. The van der Waals surface area contributed by atoms with Gasteiger partial charge in [-0.05, 0) is 61.0 Å². The van der Waals surface area contributed by atoms with Crippen LogP contribution in [0.4, 0.5) is 0 Å². The summed E-state index contributed by atoms with van der Waals surface area (Å²) in [6.45, 7) is 2.66. The molecule has 0 amide bonds. The highest BCUT2D eigenvalue weighted by Gasteiger charge is 2.19. The number of aryl methyl sites for hydroxylation is 1. The maximum absolute atomic E-state index is 14.0. The summed E-state index contributed by atoms with van der Waals surface area (Å²) >= 11 is 0. The van der Waals surface area contributed by atoms with Crippen molar-refractivity contribution < 1.29 is 18.6 Å². The molecular formula is C36H27NO5. The number of benzene rings is 4. The standard InChI is InChI=1S/C36H27NO5/c1-23-7-5-10-26(17-23)36-30(19-27-11-6-12-31(37-27)25-13-16-32-34(18-25)41-22-40-32)35(38)29-15-14-28(20-33(29)42-36)39-21-24-8-3-2-4-9-24/h2-18,20H,19,21-22H2,1H3. The lowest BCUT2D eigenvalue weighted by molar-refractivity contribution is 0.174. The zero-order valence-electron chi connectivity index (χ0n) is 23.0. The number of hydrogen-bond donors (Lipinski definition) is 0. The summed E-state index contributed by atoms with van der Waals surface area (Å²) in [5.41, 5.74) is 6.38. The molecule has 42 heavy (non-hydrogen) atoms. The Hall–Kier alpha value is -5.36. The summed E-state index contributed by atoms with van der Waals surface area (Å²) in [6, 6.07) is 34.9. The average molecular weight is 554 g/mol. The number of aromatic nitrogens is 1. The van der Waals surface area contributed by atoms with Crippen LogP contribution in [0.25, 0.3) is 33.6 Å². The van der Waals surface area contributed by atoms with Gasteiger partial charge in [-0.3, -0.25) is 9.78 Å². The Morgan fingerprint density at radius 3 is 2.52 bits per heavy atom. The average Bonchev–Trinajstić information content (AvgIpc) is 3.50. The second kappa shape index (κ2) is 10.9.